The van der Waals surface area contributed by atoms with E-state index in [2.05, 4.69) is 36.1 Å². The Morgan fingerprint density at radius 3 is 2.81 bits per heavy atom. The van der Waals surface area contributed by atoms with Crippen LogP contribution in [0.15, 0.2) is 30.3 Å². The minimum Gasteiger partial charge on any atom is -0.393 e. The molecule has 1 N–H and O–H groups in total. The zero-order valence-corrected chi connectivity index (χ0v) is 9.97. The van der Waals surface area contributed by atoms with Gasteiger partial charge in [0.15, 0.2) is 0 Å². The van der Waals surface area contributed by atoms with Crippen LogP contribution in [-0.2, 0) is 0 Å². The molecule has 1 aliphatic rings. The normalized spacial score (nSPS) is 23.1. The molecule has 1 saturated heterocycles. The lowest BCUT2D eigenvalue weighted by Gasteiger charge is -2.36. The monoisotopic (exact) mass is 219 g/mol. The highest BCUT2D eigenvalue weighted by atomic mass is 16.3. The summed E-state index contributed by atoms with van der Waals surface area (Å²) in [6.07, 6.45) is 3.09. The lowest BCUT2D eigenvalue weighted by atomic mass is 9.91. The molecule has 88 valence electrons. The molecule has 1 aliphatic heterocycles. The van der Waals surface area contributed by atoms with Crippen LogP contribution >= 0.6 is 0 Å². The maximum absolute atomic E-state index is 9.92. The SMILES string of the molecule is CC[C@@H](O)C1CCCN(c2ccccc2)C1. The number of benzene rings is 1. The van der Waals surface area contributed by atoms with Crippen molar-refractivity contribution in [3.05, 3.63) is 30.3 Å². The summed E-state index contributed by atoms with van der Waals surface area (Å²) in [5.74, 6) is 0.443. The van der Waals surface area contributed by atoms with Crippen molar-refractivity contribution in [3.63, 3.8) is 0 Å². The summed E-state index contributed by atoms with van der Waals surface area (Å²) in [6, 6.07) is 10.5. The first-order valence-corrected chi connectivity index (χ1v) is 6.29. The second-order valence-corrected chi connectivity index (χ2v) is 4.66. The second kappa shape index (κ2) is 5.35. The van der Waals surface area contributed by atoms with E-state index in [-0.39, 0.29) is 6.10 Å². The molecule has 2 nitrogen and oxygen atoms in total. The van der Waals surface area contributed by atoms with E-state index in [1.165, 1.54) is 18.5 Å². The number of nitrogens with zero attached hydrogens (tertiary/aromatic N) is 1. The molecular weight excluding hydrogens is 198 g/mol. The van der Waals surface area contributed by atoms with Crippen LogP contribution in [0.1, 0.15) is 26.2 Å². The van der Waals surface area contributed by atoms with Gasteiger partial charge in [-0.1, -0.05) is 25.1 Å². The second-order valence-electron chi connectivity index (χ2n) is 4.66. The number of hydrogen-bond acceptors (Lipinski definition) is 2. The van der Waals surface area contributed by atoms with Gasteiger partial charge < -0.3 is 10.0 Å². The average molecular weight is 219 g/mol. The van der Waals surface area contributed by atoms with E-state index in [0.29, 0.717) is 5.92 Å². The number of piperidine rings is 1. The Hall–Kier alpha value is -1.02. The quantitative estimate of drug-likeness (QED) is 0.845. The molecule has 1 aromatic rings. The van der Waals surface area contributed by atoms with Crippen LogP contribution in [0.5, 0.6) is 0 Å². The zero-order valence-electron chi connectivity index (χ0n) is 9.97. The van der Waals surface area contributed by atoms with Gasteiger partial charge in [-0.3, -0.25) is 0 Å². The van der Waals surface area contributed by atoms with E-state index in [1.54, 1.807) is 0 Å². The van der Waals surface area contributed by atoms with Crippen molar-refractivity contribution in [3.8, 4) is 0 Å². The Labute approximate surface area is 97.9 Å². The van der Waals surface area contributed by atoms with E-state index < -0.39 is 0 Å². The van der Waals surface area contributed by atoms with Gasteiger partial charge in [0.25, 0.3) is 0 Å². The van der Waals surface area contributed by atoms with Gasteiger partial charge in [0, 0.05) is 24.7 Å². The number of hydrogen-bond donors (Lipinski definition) is 1. The first kappa shape index (κ1) is 11.5. The molecule has 0 aliphatic carbocycles. The van der Waals surface area contributed by atoms with Crippen LogP contribution < -0.4 is 4.90 Å². The molecule has 0 radical (unpaired) electrons. The van der Waals surface area contributed by atoms with Gasteiger partial charge in [0.05, 0.1) is 6.10 Å². The van der Waals surface area contributed by atoms with E-state index in [0.717, 1.165) is 19.5 Å². The van der Waals surface area contributed by atoms with Gasteiger partial charge >= 0.3 is 0 Å². The van der Waals surface area contributed by atoms with Crippen LogP contribution in [-0.4, -0.2) is 24.3 Å². The largest absolute Gasteiger partial charge is 0.393 e. The van der Waals surface area contributed by atoms with Crippen molar-refractivity contribution in [1.82, 2.24) is 0 Å². The molecule has 16 heavy (non-hydrogen) atoms. The highest BCUT2D eigenvalue weighted by Crippen LogP contribution is 2.25. The number of para-hydroxylation sites is 1. The first-order valence-electron chi connectivity index (χ1n) is 6.29. The van der Waals surface area contributed by atoms with Gasteiger partial charge in [-0.15, -0.1) is 0 Å². The molecule has 0 spiro atoms. The summed E-state index contributed by atoms with van der Waals surface area (Å²) in [5, 5.41) is 9.92. The molecule has 1 unspecified atom stereocenters. The highest BCUT2D eigenvalue weighted by molar-refractivity contribution is 5.46. The molecular formula is C14H21NO. The molecule has 2 rings (SSSR count). The molecule has 0 aromatic heterocycles. The van der Waals surface area contributed by atoms with Crippen LogP contribution in [0.3, 0.4) is 0 Å². The summed E-state index contributed by atoms with van der Waals surface area (Å²) in [7, 11) is 0. The van der Waals surface area contributed by atoms with E-state index in [4.69, 9.17) is 0 Å². The highest BCUT2D eigenvalue weighted by Gasteiger charge is 2.24. The number of aliphatic hydroxyl groups excluding tert-OH is 1. The maximum atomic E-state index is 9.92. The number of anilines is 1. The minimum absolute atomic E-state index is 0.133. The molecule has 2 atom stereocenters. The van der Waals surface area contributed by atoms with Crippen LogP contribution in [0.25, 0.3) is 0 Å². The standard InChI is InChI=1S/C14H21NO/c1-2-14(16)12-7-6-10-15(11-12)13-8-4-3-5-9-13/h3-5,8-9,12,14,16H,2,6-7,10-11H2,1H3/t12?,14-/m1/s1. The number of rotatable bonds is 3. The Bertz CT molecular complexity index is 312. The fourth-order valence-electron chi connectivity index (χ4n) is 2.53. The van der Waals surface area contributed by atoms with Crippen LogP contribution in [0.2, 0.25) is 0 Å². The summed E-state index contributed by atoms with van der Waals surface area (Å²) in [5.41, 5.74) is 1.29. The van der Waals surface area contributed by atoms with Crippen molar-refractivity contribution in [2.24, 2.45) is 5.92 Å². The predicted molar refractivity (Wildman–Crippen MR) is 67.7 cm³/mol. The van der Waals surface area contributed by atoms with Gasteiger partial charge in [-0.05, 0) is 31.4 Å². The lowest BCUT2D eigenvalue weighted by molar-refractivity contribution is 0.0942. The Kier molecular flexibility index (Phi) is 3.83. The van der Waals surface area contributed by atoms with E-state index >= 15 is 0 Å². The third-order valence-corrected chi connectivity index (χ3v) is 3.54. The minimum atomic E-state index is -0.133. The van der Waals surface area contributed by atoms with Crippen molar-refractivity contribution in [1.29, 1.82) is 0 Å². The smallest absolute Gasteiger partial charge is 0.0582 e. The van der Waals surface area contributed by atoms with Gasteiger partial charge in [0.2, 0.25) is 0 Å². The number of aliphatic hydroxyl groups is 1. The fourth-order valence-corrected chi connectivity index (χ4v) is 2.53. The topological polar surface area (TPSA) is 23.5 Å². The lowest BCUT2D eigenvalue weighted by Crippen LogP contribution is -2.40. The molecule has 0 saturated carbocycles. The molecule has 1 aromatic carbocycles. The van der Waals surface area contributed by atoms with Crippen molar-refractivity contribution >= 4 is 5.69 Å². The average Bonchev–Trinajstić information content (AvgIpc) is 2.39. The fraction of sp³-hybridized carbons (Fsp3) is 0.571. The molecule has 0 amide bonds. The van der Waals surface area contributed by atoms with Gasteiger partial charge in [-0.2, -0.15) is 0 Å². The molecule has 2 heteroatoms. The summed E-state index contributed by atoms with van der Waals surface area (Å²) in [4.78, 5) is 2.40. The van der Waals surface area contributed by atoms with Crippen molar-refractivity contribution < 1.29 is 5.11 Å². The maximum Gasteiger partial charge on any atom is 0.0582 e. The first-order chi connectivity index (χ1) is 7.81. The van der Waals surface area contributed by atoms with Crippen LogP contribution in [0, 0.1) is 5.92 Å². The van der Waals surface area contributed by atoms with Crippen molar-refractivity contribution in [2.45, 2.75) is 32.3 Å². The zero-order chi connectivity index (χ0) is 11.4. The third-order valence-electron chi connectivity index (χ3n) is 3.54. The summed E-state index contributed by atoms with van der Waals surface area (Å²) < 4.78 is 0. The third kappa shape index (κ3) is 2.56. The van der Waals surface area contributed by atoms with Crippen molar-refractivity contribution in [2.75, 3.05) is 18.0 Å². The Morgan fingerprint density at radius 1 is 1.38 bits per heavy atom. The predicted octanol–water partition coefficient (Wildman–Crippen LogP) is 2.67. The van der Waals surface area contributed by atoms with E-state index in [9.17, 15) is 5.11 Å². The summed E-state index contributed by atoms with van der Waals surface area (Å²) >= 11 is 0. The molecule has 1 fully saturated rings. The summed E-state index contributed by atoms with van der Waals surface area (Å²) in [6.45, 7) is 4.18. The molecule has 1 heterocycles. The van der Waals surface area contributed by atoms with Crippen LogP contribution in [0.4, 0.5) is 5.69 Å². The molecule has 0 bridgehead atoms. The van der Waals surface area contributed by atoms with Gasteiger partial charge in [-0.25, -0.2) is 0 Å². The Morgan fingerprint density at radius 2 is 2.12 bits per heavy atom. The van der Waals surface area contributed by atoms with Gasteiger partial charge in [0.1, 0.15) is 0 Å². The van der Waals surface area contributed by atoms with E-state index in [1.807, 2.05) is 6.07 Å². The Balaban J connectivity index is 2.02.